The first kappa shape index (κ1) is 27.2. The number of hydrogen-bond donors (Lipinski definition) is 5. The number of ether oxygens (including phenoxy) is 1. The van der Waals surface area contributed by atoms with E-state index in [1.165, 1.54) is 0 Å². The van der Waals surface area contributed by atoms with Crippen LogP contribution in [0.5, 0.6) is 0 Å². The average Bonchev–Trinajstić information content (AvgIpc) is 3.04. The number of aliphatic hydroxyl groups is 5. The predicted octanol–water partition coefficient (Wildman–Crippen LogP) is 2.51. The standard InChI is InChI=1S/C28H46O7/c1-24(2,32)10-9-23(31)27(5,33)22-8-12-28(34)17-13-19(29)18-14-20(30)21(35-6)15-25(18,3)16(17)7-11-26(22,28)4/h13,16,18,20-23,30-34H,7-12,14-15H2,1-6H3/t16-,18-,20+,21-,22-,23+,25+,26+,27+,28+/m0/s1. The zero-order valence-corrected chi connectivity index (χ0v) is 22.3. The first-order valence-corrected chi connectivity index (χ1v) is 13.3. The van der Waals surface area contributed by atoms with E-state index in [4.69, 9.17) is 4.74 Å². The lowest BCUT2D eigenvalue weighted by Gasteiger charge is -2.61. The van der Waals surface area contributed by atoms with Crippen LogP contribution in [0.4, 0.5) is 0 Å². The summed E-state index contributed by atoms with van der Waals surface area (Å²) in [5.74, 6) is -0.698. The van der Waals surface area contributed by atoms with Gasteiger partial charge in [0, 0.05) is 18.4 Å². The minimum absolute atomic E-state index is 0.00256. The zero-order chi connectivity index (χ0) is 26.2. The Morgan fingerprint density at radius 2 is 1.80 bits per heavy atom. The Labute approximate surface area is 209 Å². The third-order valence-corrected chi connectivity index (χ3v) is 10.8. The molecule has 4 aliphatic rings. The normalized spacial score (nSPS) is 46.2. The summed E-state index contributed by atoms with van der Waals surface area (Å²) in [4.78, 5) is 13.4. The highest BCUT2D eigenvalue weighted by atomic mass is 16.5. The smallest absolute Gasteiger partial charge is 0.159 e. The molecule has 7 nitrogen and oxygen atoms in total. The molecule has 10 atom stereocenters. The second kappa shape index (κ2) is 8.60. The van der Waals surface area contributed by atoms with E-state index in [1.54, 1.807) is 34.0 Å². The molecule has 0 amide bonds. The number of aliphatic hydroxyl groups excluding tert-OH is 2. The van der Waals surface area contributed by atoms with Crippen molar-refractivity contribution < 1.29 is 35.1 Å². The molecule has 0 aromatic heterocycles. The van der Waals surface area contributed by atoms with Crippen LogP contribution in [0, 0.1) is 28.6 Å². The molecule has 0 aliphatic heterocycles. The molecule has 0 aromatic rings. The first-order chi connectivity index (χ1) is 16.0. The summed E-state index contributed by atoms with van der Waals surface area (Å²) in [5.41, 5.74) is -3.98. The summed E-state index contributed by atoms with van der Waals surface area (Å²) in [7, 11) is 1.59. The van der Waals surface area contributed by atoms with E-state index in [2.05, 4.69) is 6.92 Å². The van der Waals surface area contributed by atoms with E-state index in [-0.39, 0.29) is 36.1 Å². The number of carbonyl (C=O) groups excluding carboxylic acids is 1. The molecule has 0 unspecified atom stereocenters. The van der Waals surface area contributed by atoms with Crippen LogP contribution in [-0.4, -0.2) is 73.5 Å². The number of ketones is 1. The van der Waals surface area contributed by atoms with Gasteiger partial charge in [-0.15, -0.1) is 0 Å². The monoisotopic (exact) mass is 494 g/mol. The van der Waals surface area contributed by atoms with Crippen molar-refractivity contribution in [1.29, 1.82) is 0 Å². The van der Waals surface area contributed by atoms with Gasteiger partial charge in [0.2, 0.25) is 0 Å². The van der Waals surface area contributed by atoms with Gasteiger partial charge in [-0.3, -0.25) is 4.79 Å². The second-order valence-corrected chi connectivity index (χ2v) is 13.4. The fraction of sp³-hybridized carbons (Fsp3) is 0.893. The van der Waals surface area contributed by atoms with Crippen molar-refractivity contribution in [3.05, 3.63) is 11.6 Å². The van der Waals surface area contributed by atoms with Crippen molar-refractivity contribution in [2.75, 3.05) is 7.11 Å². The quantitative estimate of drug-likeness (QED) is 0.384. The molecule has 0 bridgehead atoms. The molecule has 0 radical (unpaired) electrons. The Balaban J connectivity index is 1.66. The van der Waals surface area contributed by atoms with Crippen LogP contribution in [-0.2, 0) is 9.53 Å². The Bertz CT molecular complexity index is 875. The van der Waals surface area contributed by atoms with Crippen molar-refractivity contribution in [3.63, 3.8) is 0 Å². The van der Waals surface area contributed by atoms with Gasteiger partial charge >= 0.3 is 0 Å². The molecular formula is C28H46O7. The van der Waals surface area contributed by atoms with Crippen molar-refractivity contribution >= 4 is 5.78 Å². The minimum atomic E-state index is -1.45. The van der Waals surface area contributed by atoms with Gasteiger partial charge < -0.3 is 30.3 Å². The van der Waals surface area contributed by atoms with Crippen LogP contribution in [0.1, 0.15) is 86.0 Å². The highest BCUT2D eigenvalue weighted by Crippen LogP contribution is 2.68. The van der Waals surface area contributed by atoms with Crippen molar-refractivity contribution in [1.82, 2.24) is 0 Å². The van der Waals surface area contributed by atoms with Gasteiger partial charge in [0.1, 0.15) is 0 Å². The summed E-state index contributed by atoms with van der Waals surface area (Å²) in [6, 6.07) is 0. The maximum absolute atomic E-state index is 13.4. The largest absolute Gasteiger partial charge is 0.390 e. The lowest BCUT2D eigenvalue weighted by Crippen LogP contribution is -2.63. The maximum atomic E-state index is 13.4. The summed E-state index contributed by atoms with van der Waals surface area (Å²) >= 11 is 0. The summed E-state index contributed by atoms with van der Waals surface area (Å²) in [6.45, 7) is 9.13. The van der Waals surface area contributed by atoms with E-state index < -0.39 is 39.8 Å². The molecule has 200 valence electrons. The average molecular weight is 495 g/mol. The van der Waals surface area contributed by atoms with Gasteiger partial charge in [-0.05, 0) is 101 Å². The Hall–Kier alpha value is -0.830. The van der Waals surface area contributed by atoms with Gasteiger partial charge in [0.25, 0.3) is 0 Å². The highest BCUT2D eigenvalue weighted by Gasteiger charge is 2.69. The topological polar surface area (TPSA) is 127 Å². The molecule has 35 heavy (non-hydrogen) atoms. The molecule has 0 saturated heterocycles. The molecule has 3 fully saturated rings. The minimum Gasteiger partial charge on any atom is -0.390 e. The molecule has 4 rings (SSSR count). The molecule has 4 aliphatic carbocycles. The van der Waals surface area contributed by atoms with Gasteiger partial charge in [-0.25, -0.2) is 0 Å². The third-order valence-electron chi connectivity index (χ3n) is 10.8. The number of methoxy groups -OCH3 is 1. The van der Waals surface area contributed by atoms with Gasteiger partial charge in [0.05, 0.1) is 35.1 Å². The van der Waals surface area contributed by atoms with Gasteiger partial charge in [-0.1, -0.05) is 13.8 Å². The number of fused-ring (bicyclic) bond motifs is 5. The lowest BCUT2D eigenvalue weighted by molar-refractivity contribution is -0.178. The van der Waals surface area contributed by atoms with Crippen LogP contribution >= 0.6 is 0 Å². The molecule has 7 heteroatoms. The summed E-state index contributed by atoms with van der Waals surface area (Å²) in [5, 5.41) is 55.5. The summed E-state index contributed by atoms with van der Waals surface area (Å²) < 4.78 is 5.58. The van der Waals surface area contributed by atoms with E-state index in [1.807, 2.05) is 6.92 Å². The maximum Gasteiger partial charge on any atom is 0.159 e. The van der Waals surface area contributed by atoms with Crippen LogP contribution in [0.3, 0.4) is 0 Å². The van der Waals surface area contributed by atoms with E-state index >= 15 is 0 Å². The first-order valence-electron chi connectivity index (χ1n) is 13.3. The highest BCUT2D eigenvalue weighted by molar-refractivity contribution is 5.95. The van der Waals surface area contributed by atoms with E-state index in [0.29, 0.717) is 38.5 Å². The Kier molecular flexibility index (Phi) is 6.69. The molecule has 3 saturated carbocycles. The second-order valence-electron chi connectivity index (χ2n) is 13.4. The Morgan fingerprint density at radius 1 is 1.14 bits per heavy atom. The van der Waals surface area contributed by atoms with Crippen molar-refractivity contribution in [2.45, 2.75) is 121 Å². The number of hydrogen-bond acceptors (Lipinski definition) is 7. The lowest BCUT2D eigenvalue weighted by atomic mass is 9.45. The van der Waals surface area contributed by atoms with Crippen molar-refractivity contribution in [2.24, 2.45) is 28.6 Å². The molecular weight excluding hydrogens is 448 g/mol. The van der Waals surface area contributed by atoms with E-state index in [0.717, 1.165) is 12.0 Å². The molecule has 5 N–H and O–H groups in total. The van der Waals surface area contributed by atoms with Gasteiger partial charge in [0.15, 0.2) is 5.78 Å². The number of rotatable bonds is 6. The van der Waals surface area contributed by atoms with E-state index in [9.17, 15) is 30.3 Å². The third kappa shape index (κ3) is 4.05. The zero-order valence-electron chi connectivity index (χ0n) is 22.3. The van der Waals surface area contributed by atoms with Gasteiger partial charge in [-0.2, -0.15) is 0 Å². The molecule has 0 heterocycles. The number of allylic oxidation sites excluding steroid dienone is 1. The Morgan fingerprint density at radius 3 is 2.40 bits per heavy atom. The van der Waals surface area contributed by atoms with Crippen molar-refractivity contribution in [3.8, 4) is 0 Å². The summed E-state index contributed by atoms with van der Waals surface area (Å²) in [6.07, 6.45) is 3.54. The van der Waals surface area contributed by atoms with Crippen LogP contribution in [0.2, 0.25) is 0 Å². The fourth-order valence-corrected chi connectivity index (χ4v) is 8.54. The SMILES string of the molecule is CO[C@H]1C[C@@]2(C)[C@@H](C[C@H]1O)C(=O)C=C1[C@@H]2CC[C@]2(C)[C@@H]([C@@](C)(O)[C@H](O)CCC(C)(C)O)CC[C@@]12O. The van der Waals surface area contributed by atoms with Crippen LogP contribution in [0.15, 0.2) is 11.6 Å². The predicted molar refractivity (Wildman–Crippen MR) is 131 cm³/mol. The molecule has 0 aromatic carbocycles. The fourth-order valence-electron chi connectivity index (χ4n) is 8.54. The van der Waals surface area contributed by atoms with Crippen LogP contribution < -0.4 is 0 Å². The molecule has 0 spiro atoms. The van der Waals surface area contributed by atoms with Crippen LogP contribution in [0.25, 0.3) is 0 Å². The number of carbonyl (C=O) groups is 1.